The van der Waals surface area contributed by atoms with Crippen molar-refractivity contribution in [2.75, 3.05) is 0 Å². The van der Waals surface area contributed by atoms with E-state index in [4.69, 9.17) is 19.4 Å². The maximum absolute atomic E-state index is 6.43. The molecule has 0 spiro atoms. The van der Waals surface area contributed by atoms with E-state index in [1.54, 1.807) is 0 Å². The number of aromatic nitrogens is 3. The molecule has 8 aromatic carbocycles. The predicted octanol–water partition coefficient (Wildman–Crippen LogP) is 12.4. The Morgan fingerprint density at radius 3 is 1.59 bits per heavy atom. The van der Waals surface area contributed by atoms with Gasteiger partial charge in [-0.2, -0.15) is 0 Å². The van der Waals surface area contributed by atoms with Crippen LogP contribution in [0.5, 0.6) is 0 Å². The van der Waals surface area contributed by atoms with Crippen LogP contribution in [0.4, 0.5) is 0 Å². The van der Waals surface area contributed by atoms with Crippen LogP contribution in [-0.2, 0) is 0 Å². The molecule has 2 aromatic heterocycles. The highest BCUT2D eigenvalue weighted by molar-refractivity contribution is 6.13. The molecule has 0 N–H and O–H groups in total. The van der Waals surface area contributed by atoms with Crippen LogP contribution < -0.4 is 0 Å². The van der Waals surface area contributed by atoms with Gasteiger partial charge in [0.05, 0.1) is 0 Å². The Kier molecular flexibility index (Phi) is 6.78. The molecule has 238 valence electrons. The largest absolute Gasteiger partial charge is 0.456 e. The average molecular weight is 652 g/mol. The van der Waals surface area contributed by atoms with Gasteiger partial charge < -0.3 is 4.42 Å². The topological polar surface area (TPSA) is 51.8 Å². The molecule has 4 heteroatoms. The van der Waals surface area contributed by atoms with E-state index in [0.717, 1.165) is 49.8 Å². The van der Waals surface area contributed by atoms with E-state index in [1.165, 1.54) is 32.7 Å². The number of hydrogen-bond acceptors (Lipinski definition) is 4. The van der Waals surface area contributed by atoms with Crippen LogP contribution >= 0.6 is 0 Å². The lowest BCUT2D eigenvalue weighted by Gasteiger charge is -2.10. The highest BCUT2D eigenvalue weighted by Gasteiger charge is 2.18. The first-order valence-corrected chi connectivity index (χ1v) is 17.1. The minimum absolute atomic E-state index is 0.605. The van der Waals surface area contributed by atoms with E-state index < -0.39 is 0 Å². The Labute approximate surface area is 294 Å². The fourth-order valence-corrected chi connectivity index (χ4v) is 7.17. The molecule has 0 bridgehead atoms. The van der Waals surface area contributed by atoms with Gasteiger partial charge in [0.2, 0.25) is 0 Å². The van der Waals surface area contributed by atoms with E-state index in [-0.39, 0.29) is 0 Å². The van der Waals surface area contributed by atoms with Crippen molar-refractivity contribution >= 4 is 43.5 Å². The number of rotatable bonds is 5. The second kappa shape index (κ2) is 11.9. The van der Waals surface area contributed by atoms with Crippen LogP contribution in [-0.4, -0.2) is 15.0 Å². The summed E-state index contributed by atoms with van der Waals surface area (Å²) in [7, 11) is 0. The third-order valence-corrected chi connectivity index (χ3v) is 9.71. The Morgan fingerprint density at radius 1 is 0.314 bits per heavy atom. The highest BCUT2D eigenvalue weighted by atomic mass is 16.3. The molecule has 0 radical (unpaired) electrons. The van der Waals surface area contributed by atoms with Gasteiger partial charge in [-0.3, -0.25) is 0 Å². The van der Waals surface area contributed by atoms with E-state index >= 15 is 0 Å². The molecule has 0 atom stereocenters. The summed E-state index contributed by atoms with van der Waals surface area (Å²) in [6.45, 7) is 0. The van der Waals surface area contributed by atoms with Crippen molar-refractivity contribution in [1.29, 1.82) is 0 Å². The summed E-state index contributed by atoms with van der Waals surface area (Å²) in [5, 5.41) is 6.94. The molecule has 0 saturated carbocycles. The second-order valence-corrected chi connectivity index (χ2v) is 12.8. The molecule has 51 heavy (non-hydrogen) atoms. The second-order valence-electron chi connectivity index (χ2n) is 12.8. The summed E-state index contributed by atoms with van der Waals surface area (Å²) in [6.07, 6.45) is 0. The van der Waals surface area contributed by atoms with Crippen LogP contribution in [0.25, 0.3) is 99.9 Å². The van der Waals surface area contributed by atoms with Gasteiger partial charge in [0.15, 0.2) is 17.5 Å². The normalized spacial score (nSPS) is 11.5. The molecular weight excluding hydrogens is 623 g/mol. The van der Waals surface area contributed by atoms with Crippen LogP contribution in [0.2, 0.25) is 0 Å². The van der Waals surface area contributed by atoms with Gasteiger partial charge in [0, 0.05) is 27.5 Å². The zero-order chi connectivity index (χ0) is 33.7. The minimum Gasteiger partial charge on any atom is -0.456 e. The number of nitrogens with zero attached hydrogens (tertiary/aromatic N) is 3. The molecule has 0 aliphatic heterocycles. The molecule has 4 nitrogen and oxygen atoms in total. The Bertz CT molecular complexity index is 2840. The summed E-state index contributed by atoms with van der Waals surface area (Å²) in [5.74, 6) is 1.86. The third kappa shape index (κ3) is 5.13. The number of hydrogen-bond donors (Lipinski definition) is 0. The standard InChI is InChI=1S/C47H29N3O/c1-4-11-30(12-5-1)35-21-19-31-20-22-37-27-34(23-25-38(37)40(31)28-35)36-24-26-42-41(29-36)44-39(17-10-18-43(44)51-42)47-49-45(32-13-6-2-7-14-32)48-46(50-47)33-15-8-3-9-16-33/h1-29H. The summed E-state index contributed by atoms with van der Waals surface area (Å²) in [5.41, 5.74) is 9.09. The first-order valence-electron chi connectivity index (χ1n) is 17.1. The van der Waals surface area contributed by atoms with Crippen molar-refractivity contribution in [2.45, 2.75) is 0 Å². The monoisotopic (exact) mass is 651 g/mol. The van der Waals surface area contributed by atoms with Crippen molar-refractivity contribution in [2.24, 2.45) is 0 Å². The zero-order valence-electron chi connectivity index (χ0n) is 27.5. The van der Waals surface area contributed by atoms with E-state index in [0.29, 0.717) is 17.5 Å². The maximum atomic E-state index is 6.43. The lowest BCUT2D eigenvalue weighted by Crippen LogP contribution is -2.00. The number of benzene rings is 8. The fraction of sp³-hybridized carbons (Fsp3) is 0. The van der Waals surface area contributed by atoms with Crippen molar-refractivity contribution in [1.82, 2.24) is 15.0 Å². The van der Waals surface area contributed by atoms with Crippen molar-refractivity contribution < 1.29 is 4.42 Å². The van der Waals surface area contributed by atoms with Gasteiger partial charge in [-0.15, -0.1) is 0 Å². The quantitative estimate of drug-likeness (QED) is 0.174. The first kappa shape index (κ1) is 29.0. The fourth-order valence-electron chi connectivity index (χ4n) is 7.17. The number of fused-ring (bicyclic) bond motifs is 6. The Morgan fingerprint density at radius 2 is 0.863 bits per heavy atom. The summed E-state index contributed by atoms with van der Waals surface area (Å²) in [6, 6.07) is 61.2. The van der Waals surface area contributed by atoms with Gasteiger partial charge in [0.25, 0.3) is 0 Å². The van der Waals surface area contributed by atoms with Gasteiger partial charge in [-0.25, -0.2) is 15.0 Å². The average Bonchev–Trinajstić information content (AvgIpc) is 3.59. The van der Waals surface area contributed by atoms with Gasteiger partial charge in [-0.1, -0.05) is 146 Å². The summed E-state index contributed by atoms with van der Waals surface area (Å²) in [4.78, 5) is 15.0. The molecule has 0 unspecified atom stereocenters. The lowest BCUT2D eigenvalue weighted by atomic mass is 9.94. The molecule has 2 heterocycles. The molecule has 10 aromatic rings. The molecule has 0 fully saturated rings. The molecule has 0 saturated heterocycles. The molecule has 0 aliphatic carbocycles. The van der Waals surface area contributed by atoms with Gasteiger partial charge >= 0.3 is 0 Å². The van der Waals surface area contributed by atoms with E-state index in [9.17, 15) is 0 Å². The molecular formula is C47H29N3O. The van der Waals surface area contributed by atoms with Crippen molar-refractivity contribution in [3.63, 3.8) is 0 Å². The highest BCUT2D eigenvalue weighted by Crippen LogP contribution is 2.39. The minimum atomic E-state index is 0.605. The van der Waals surface area contributed by atoms with Crippen LogP contribution in [0.15, 0.2) is 180 Å². The predicted molar refractivity (Wildman–Crippen MR) is 209 cm³/mol. The third-order valence-electron chi connectivity index (χ3n) is 9.71. The zero-order valence-corrected chi connectivity index (χ0v) is 27.5. The smallest absolute Gasteiger partial charge is 0.164 e. The SMILES string of the molecule is c1ccc(-c2ccc3ccc4cc(-c5ccc6oc7cccc(-c8nc(-c9ccccc9)nc(-c9ccccc9)n8)c7c6c5)ccc4c3c2)cc1. The van der Waals surface area contributed by atoms with E-state index in [1.807, 2.05) is 72.8 Å². The molecule has 10 rings (SSSR count). The van der Waals surface area contributed by atoms with Crippen LogP contribution in [0.3, 0.4) is 0 Å². The Balaban J connectivity index is 1.12. The van der Waals surface area contributed by atoms with Crippen molar-refractivity contribution in [3.8, 4) is 56.4 Å². The van der Waals surface area contributed by atoms with Gasteiger partial charge in [0.1, 0.15) is 11.2 Å². The molecule has 0 amide bonds. The first-order chi connectivity index (χ1) is 25.2. The lowest BCUT2D eigenvalue weighted by molar-refractivity contribution is 0.669. The Hall–Kier alpha value is -6.91. The van der Waals surface area contributed by atoms with Crippen LogP contribution in [0.1, 0.15) is 0 Å². The van der Waals surface area contributed by atoms with Gasteiger partial charge in [-0.05, 0) is 74.1 Å². The number of furan rings is 1. The summed E-state index contributed by atoms with van der Waals surface area (Å²) < 4.78 is 6.43. The van der Waals surface area contributed by atoms with E-state index in [2.05, 4.69) is 103 Å². The molecule has 0 aliphatic rings. The van der Waals surface area contributed by atoms with Crippen LogP contribution in [0, 0.1) is 0 Å². The van der Waals surface area contributed by atoms with Crippen molar-refractivity contribution in [3.05, 3.63) is 176 Å². The maximum Gasteiger partial charge on any atom is 0.164 e. The summed E-state index contributed by atoms with van der Waals surface area (Å²) >= 11 is 0.